The predicted octanol–water partition coefficient (Wildman–Crippen LogP) is 3.75. The van der Waals surface area contributed by atoms with Crippen molar-refractivity contribution >= 4 is 36.0 Å². The highest BCUT2D eigenvalue weighted by Crippen LogP contribution is 2.27. The minimum Gasteiger partial charge on any atom is -0.444 e. The Bertz CT molecular complexity index is 718. The number of imidazole rings is 1. The lowest BCUT2D eigenvalue weighted by Crippen LogP contribution is -2.54. The van der Waals surface area contributed by atoms with E-state index in [4.69, 9.17) is 4.74 Å². The summed E-state index contributed by atoms with van der Waals surface area (Å²) in [5, 5.41) is 3.54. The molecule has 0 aliphatic carbocycles. The summed E-state index contributed by atoms with van der Waals surface area (Å²) in [4.78, 5) is 25.6. The molecule has 3 heterocycles. The quantitative estimate of drug-likeness (QED) is 0.355. The van der Waals surface area contributed by atoms with E-state index in [1.807, 2.05) is 51.4 Å². The van der Waals surface area contributed by atoms with Crippen molar-refractivity contribution < 1.29 is 9.53 Å². The molecule has 2 saturated heterocycles. The van der Waals surface area contributed by atoms with E-state index in [1.54, 1.807) is 0 Å². The molecule has 1 amide bonds. The molecule has 31 heavy (non-hydrogen) atoms. The Balaban J connectivity index is 0.00000341. The predicted molar refractivity (Wildman–Crippen MR) is 134 cm³/mol. The van der Waals surface area contributed by atoms with E-state index in [0.29, 0.717) is 18.5 Å². The molecule has 3 atom stereocenters. The van der Waals surface area contributed by atoms with Gasteiger partial charge in [0.2, 0.25) is 0 Å². The van der Waals surface area contributed by atoms with Crippen molar-refractivity contribution in [2.75, 3.05) is 33.2 Å². The number of hydrogen-bond donors (Lipinski definition) is 1. The van der Waals surface area contributed by atoms with Crippen molar-refractivity contribution in [2.24, 2.45) is 10.9 Å². The van der Waals surface area contributed by atoms with Gasteiger partial charge in [-0.05, 0) is 52.4 Å². The maximum Gasteiger partial charge on any atom is 0.410 e. The van der Waals surface area contributed by atoms with Gasteiger partial charge < -0.3 is 24.4 Å². The molecule has 1 aromatic heterocycles. The number of carbonyl (C=O) groups excluding carboxylic acids is 1. The van der Waals surface area contributed by atoms with Gasteiger partial charge in [0.05, 0.1) is 18.4 Å². The summed E-state index contributed by atoms with van der Waals surface area (Å²) in [7, 11) is 1.83. The van der Waals surface area contributed by atoms with Crippen molar-refractivity contribution in [3.05, 3.63) is 18.7 Å². The van der Waals surface area contributed by atoms with E-state index in [1.165, 1.54) is 0 Å². The number of carbonyl (C=O) groups is 1. The second kappa shape index (κ2) is 11.4. The Morgan fingerprint density at radius 3 is 2.68 bits per heavy atom. The molecule has 9 heteroatoms. The van der Waals surface area contributed by atoms with Crippen LogP contribution in [0, 0.1) is 5.92 Å². The molecule has 1 N–H and O–H groups in total. The highest BCUT2D eigenvalue weighted by atomic mass is 127. The van der Waals surface area contributed by atoms with Crippen LogP contribution >= 0.6 is 24.0 Å². The van der Waals surface area contributed by atoms with Crippen molar-refractivity contribution in [1.82, 2.24) is 24.7 Å². The molecule has 0 radical (unpaired) electrons. The lowest BCUT2D eigenvalue weighted by Gasteiger charge is -2.40. The average Bonchev–Trinajstić information content (AvgIpc) is 3.23. The van der Waals surface area contributed by atoms with Gasteiger partial charge in [0, 0.05) is 45.6 Å². The lowest BCUT2D eigenvalue weighted by molar-refractivity contribution is 0.0103. The molecule has 3 rings (SSSR count). The molecule has 0 aromatic carbocycles. The summed E-state index contributed by atoms with van der Waals surface area (Å²) in [6.45, 7) is 11.4. The van der Waals surface area contributed by atoms with Gasteiger partial charge in [-0.15, -0.1) is 24.0 Å². The molecule has 0 spiro atoms. The number of guanidine groups is 1. The second-order valence-corrected chi connectivity index (χ2v) is 9.54. The van der Waals surface area contributed by atoms with Gasteiger partial charge >= 0.3 is 6.09 Å². The smallest absolute Gasteiger partial charge is 0.410 e. The van der Waals surface area contributed by atoms with Crippen LogP contribution in [0.2, 0.25) is 0 Å². The monoisotopic (exact) mass is 546 g/mol. The van der Waals surface area contributed by atoms with Crippen molar-refractivity contribution in [3.63, 3.8) is 0 Å². The Morgan fingerprint density at radius 1 is 1.26 bits per heavy atom. The summed E-state index contributed by atoms with van der Waals surface area (Å²) < 4.78 is 7.84. The maximum absolute atomic E-state index is 12.7. The molecule has 176 valence electrons. The molecule has 2 aliphatic rings. The lowest BCUT2D eigenvalue weighted by atomic mass is 9.93. The first-order valence-electron chi connectivity index (χ1n) is 11.2. The van der Waals surface area contributed by atoms with Gasteiger partial charge in [0.15, 0.2) is 5.96 Å². The summed E-state index contributed by atoms with van der Waals surface area (Å²) in [6.07, 6.45) is 9.83. The van der Waals surface area contributed by atoms with Crippen molar-refractivity contribution in [3.8, 4) is 0 Å². The third-order valence-corrected chi connectivity index (χ3v) is 6.09. The fourth-order valence-corrected chi connectivity index (χ4v) is 4.41. The molecule has 8 nitrogen and oxygen atoms in total. The number of ether oxygens (including phenoxy) is 1. The van der Waals surface area contributed by atoms with E-state index in [2.05, 4.69) is 31.7 Å². The van der Waals surface area contributed by atoms with Gasteiger partial charge in [0.1, 0.15) is 5.60 Å². The van der Waals surface area contributed by atoms with Crippen LogP contribution in [0.3, 0.4) is 0 Å². The zero-order chi connectivity index (χ0) is 21.7. The Morgan fingerprint density at radius 2 is 2.03 bits per heavy atom. The largest absolute Gasteiger partial charge is 0.444 e. The van der Waals surface area contributed by atoms with E-state index >= 15 is 0 Å². The van der Waals surface area contributed by atoms with Crippen molar-refractivity contribution in [2.45, 2.75) is 71.1 Å². The first-order chi connectivity index (χ1) is 14.3. The number of rotatable bonds is 3. The first kappa shape index (κ1) is 25.7. The summed E-state index contributed by atoms with van der Waals surface area (Å²) in [5.74, 6) is 1.50. The fourth-order valence-electron chi connectivity index (χ4n) is 4.41. The van der Waals surface area contributed by atoms with Crippen LogP contribution in [0.4, 0.5) is 4.79 Å². The van der Waals surface area contributed by atoms with Crippen LogP contribution in [0.15, 0.2) is 23.7 Å². The number of halogens is 1. The molecule has 1 aromatic rings. The Labute approximate surface area is 203 Å². The zero-order valence-electron chi connectivity index (χ0n) is 19.6. The highest BCUT2D eigenvalue weighted by Gasteiger charge is 2.32. The molecule has 0 saturated carbocycles. The molecule has 2 fully saturated rings. The third kappa shape index (κ3) is 6.98. The zero-order valence-corrected chi connectivity index (χ0v) is 21.9. The van der Waals surface area contributed by atoms with E-state index < -0.39 is 5.60 Å². The third-order valence-electron chi connectivity index (χ3n) is 6.09. The van der Waals surface area contributed by atoms with Crippen LogP contribution in [0.5, 0.6) is 0 Å². The van der Waals surface area contributed by atoms with Gasteiger partial charge in [-0.3, -0.25) is 4.99 Å². The molecule has 0 bridgehead atoms. The van der Waals surface area contributed by atoms with Gasteiger partial charge in [-0.25, -0.2) is 9.78 Å². The number of aromatic nitrogens is 2. The van der Waals surface area contributed by atoms with Gasteiger partial charge in [0.25, 0.3) is 0 Å². The van der Waals surface area contributed by atoms with Crippen LogP contribution in [0.25, 0.3) is 0 Å². The summed E-state index contributed by atoms with van der Waals surface area (Å²) in [6, 6.07) is 0.506. The number of aliphatic imine (C=N–C) groups is 1. The number of amides is 1. The van der Waals surface area contributed by atoms with Crippen molar-refractivity contribution in [1.29, 1.82) is 0 Å². The van der Waals surface area contributed by atoms with Crippen LogP contribution in [0.1, 0.15) is 59.4 Å². The summed E-state index contributed by atoms with van der Waals surface area (Å²) >= 11 is 0. The number of nitrogens with one attached hydrogen (secondary N) is 1. The standard InChI is InChI=1S/C22H38N6O2.HI/c1-17-9-12-26(15-19(17)27-13-10-24-16-27)20(23-5)25-14-18-8-6-7-11-28(18)21(29)30-22(2,3)4;/h10,13,16-19H,6-9,11-12,14-15H2,1-5H3,(H,23,25);1H. The van der Waals surface area contributed by atoms with E-state index in [9.17, 15) is 4.79 Å². The van der Waals surface area contributed by atoms with Gasteiger partial charge in [-0.1, -0.05) is 6.92 Å². The highest BCUT2D eigenvalue weighted by molar-refractivity contribution is 14.0. The fraction of sp³-hybridized carbons (Fsp3) is 0.773. The number of piperidine rings is 2. The minimum absolute atomic E-state index is 0. The first-order valence-corrected chi connectivity index (χ1v) is 11.2. The molecule has 2 aliphatic heterocycles. The number of likely N-dealkylation sites (tertiary alicyclic amines) is 2. The average molecular weight is 546 g/mol. The number of nitrogens with zero attached hydrogens (tertiary/aromatic N) is 5. The number of hydrogen-bond acceptors (Lipinski definition) is 4. The Kier molecular flexibility index (Phi) is 9.45. The second-order valence-electron chi connectivity index (χ2n) is 9.54. The summed E-state index contributed by atoms with van der Waals surface area (Å²) in [5.41, 5.74) is -0.477. The van der Waals surface area contributed by atoms with Gasteiger partial charge in [-0.2, -0.15) is 0 Å². The van der Waals surface area contributed by atoms with Crippen LogP contribution < -0.4 is 5.32 Å². The SMILES string of the molecule is CN=C(NCC1CCCCN1C(=O)OC(C)(C)C)N1CCC(C)C(n2ccnc2)C1.I. The molecular formula is C22H39IN6O2. The van der Waals surface area contributed by atoms with Crippen LogP contribution in [-0.2, 0) is 4.74 Å². The Hall–Kier alpha value is -1.52. The normalized spacial score (nSPS) is 25.1. The molecular weight excluding hydrogens is 507 g/mol. The maximum atomic E-state index is 12.7. The van der Waals surface area contributed by atoms with E-state index in [-0.39, 0.29) is 36.1 Å². The van der Waals surface area contributed by atoms with E-state index in [0.717, 1.165) is 51.3 Å². The minimum atomic E-state index is -0.477. The topological polar surface area (TPSA) is 75.0 Å². The van der Waals surface area contributed by atoms with Crippen LogP contribution in [-0.4, -0.2) is 76.3 Å². The molecule has 3 unspecified atom stereocenters.